The van der Waals surface area contributed by atoms with Crippen molar-refractivity contribution >= 4 is 27.3 Å². The molecule has 2 saturated heterocycles. The maximum atomic E-state index is 12.5. The van der Waals surface area contributed by atoms with Gasteiger partial charge in [-0.2, -0.15) is 0 Å². The summed E-state index contributed by atoms with van der Waals surface area (Å²) in [6.07, 6.45) is 9.59. The number of pyridine rings is 1. The second kappa shape index (κ2) is 5.38. The molecule has 4 heterocycles. The van der Waals surface area contributed by atoms with Crippen molar-refractivity contribution < 1.29 is 4.79 Å². The van der Waals surface area contributed by atoms with Gasteiger partial charge < -0.3 is 10.2 Å². The monoisotopic (exact) mass is 311 g/mol. The summed E-state index contributed by atoms with van der Waals surface area (Å²) in [5.41, 5.74) is 1.29. The van der Waals surface area contributed by atoms with Crippen LogP contribution in [0.3, 0.4) is 0 Å². The van der Waals surface area contributed by atoms with E-state index in [1.807, 2.05) is 11.4 Å². The minimum absolute atomic E-state index is 0.0939. The van der Waals surface area contributed by atoms with Gasteiger partial charge in [0.2, 0.25) is 0 Å². The summed E-state index contributed by atoms with van der Waals surface area (Å²) in [5.74, 6) is 3.30. The second-order valence-corrected chi connectivity index (χ2v) is 7.09. The summed E-state index contributed by atoms with van der Waals surface area (Å²) in [7, 11) is 0. The Morgan fingerprint density at radius 2 is 2.41 bits per heavy atom. The van der Waals surface area contributed by atoms with Crippen LogP contribution in [0.2, 0.25) is 0 Å². The molecule has 2 fully saturated rings. The lowest BCUT2D eigenvalue weighted by atomic mass is 9.97. The summed E-state index contributed by atoms with van der Waals surface area (Å²) in [6.45, 7) is 3.32. The first kappa shape index (κ1) is 13.7. The lowest BCUT2D eigenvalue weighted by Crippen LogP contribution is -2.47. The maximum absolute atomic E-state index is 12.5. The first-order valence-electron chi connectivity index (χ1n) is 7.60. The molecule has 2 aliphatic heterocycles. The number of carbonyl (C=O) groups is 1. The fourth-order valence-electron chi connectivity index (χ4n) is 3.59. The summed E-state index contributed by atoms with van der Waals surface area (Å²) in [5, 5.41) is 6.01. The molecule has 2 aromatic heterocycles. The molecule has 22 heavy (non-hydrogen) atoms. The van der Waals surface area contributed by atoms with Gasteiger partial charge in [0.15, 0.2) is 0 Å². The maximum Gasteiger partial charge on any atom is 0.270 e. The molecule has 3 unspecified atom stereocenters. The van der Waals surface area contributed by atoms with E-state index in [2.05, 4.69) is 21.1 Å². The largest absolute Gasteiger partial charge is 0.347 e. The van der Waals surface area contributed by atoms with Crippen LogP contribution in [0.4, 0.5) is 0 Å². The average Bonchev–Trinajstić information content (AvgIpc) is 3.09. The highest BCUT2D eigenvalue weighted by atomic mass is 32.1. The van der Waals surface area contributed by atoms with Crippen LogP contribution in [0, 0.1) is 18.3 Å². The third kappa shape index (κ3) is 2.39. The zero-order valence-electron chi connectivity index (χ0n) is 12.2. The molecule has 4 nitrogen and oxygen atoms in total. The van der Waals surface area contributed by atoms with Crippen molar-refractivity contribution in [1.29, 1.82) is 0 Å². The van der Waals surface area contributed by atoms with Gasteiger partial charge in [-0.1, -0.05) is 5.92 Å². The number of nitrogens with zero attached hydrogens (tertiary/aromatic N) is 2. The van der Waals surface area contributed by atoms with E-state index in [4.69, 9.17) is 6.42 Å². The molecule has 0 radical (unpaired) electrons. The number of thiophene rings is 1. The van der Waals surface area contributed by atoms with E-state index in [1.165, 1.54) is 19.5 Å². The van der Waals surface area contributed by atoms with E-state index in [0.29, 0.717) is 5.69 Å². The van der Waals surface area contributed by atoms with Gasteiger partial charge in [-0.15, -0.1) is 17.8 Å². The molecule has 2 bridgehead atoms. The Morgan fingerprint density at radius 3 is 3.23 bits per heavy atom. The standard InChI is InChI=1S/C17H17N3OS/c1-2-12-10-22-16-7-18-15(6-14(12)16)17(21)19-13-5-11-3-4-20(8-11)9-13/h1,6-7,10-11,13H,3-5,8-9H2,(H,19,21). The number of hydrogen-bond acceptors (Lipinski definition) is 4. The summed E-state index contributed by atoms with van der Waals surface area (Å²) < 4.78 is 1.02. The lowest BCUT2D eigenvalue weighted by Gasteiger charge is -2.30. The van der Waals surface area contributed by atoms with Gasteiger partial charge in [-0.3, -0.25) is 4.79 Å². The van der Waals surface area contributed by atoms with Crippen molar-refractivity contribution in [2.24, 2.45) is 5.92 Å². The fourth-order valence-corrected chi connectivity index (χ4v) is 4.44. The predicted molar refractivity (Wildman–Crippen MR) is 88.0 cm³/mol. The molecule has 0 aromatic carbocycles. The van der Waals surface area contributed by atoms with Gasteiger partial charge in [-0.05, 0) is 31.4 Å². The van der Waals surface area contributed by atoms with Gasteiger partial charge in [0.05, 0.1) is 4.70 Å². The highest BCUT2D eigenvalue weighted by Crippen LogP contribution is 2.27. The molecule has 3 atom stereocenters. The molecule has 1 N–H and O–H groups in total. The molecule has 112 valence electrons. The molecule has 5 heteroatoms. The minimum Gasteiger partial charge on any atom is -0.347 e. The number of hydrogen-bond donors (Lipinski definition) is 1. The number of carbonyl (C=O) groups excluding carboxylic acids is 1. The van der Waals surface area contributed by atoms with Gasteiger partial charge in [0.25, 0.3) is 5.91 Å². The van der Waals surface area contributed by atoms with Crippen LogP contribution in [0.5, 0.6) is 0 Å². The first-order valence-corrected chi connectivity index (χ1v) is 8.48. The van der Waals surface area contributed by atoms with Crippen LogP contribution in [0.1, 0.15) is 28.9 Å². The Bertz CT molecular complexity index is 764. The van der Waals surface area contributed by atoms with Crippen LogP contribution in [0.15, 0.2) is 17.6 Å². The molecule has 0 aliphatic carbocycles. The fraction of sp³-hybridized carbons (Fsp3) is 0.412. The first-order chi connectivity index (χ1) is 10.7. The number of fused-ring (bicyclic) bond motifs is 3. The molecule has 2 aliphatic rings. The Kier molecular flexibility index (Phi) is 3.36. The van der Waals surface area contributed by atoms with Crippen LogP contribution < -0.4 is 5.32 Å². The highest BCUT2D eigenvalue weighted by Gasteiger charge is 2.33. The Morgan fingerprint density at radius 1 is 1.50 bits per heavy atom. The highest BCUT2D eigenvalue weighted by molar-refractivity contribution is 7.17. The molecule has 2 aromatic rings. The van der Waals surface area contributed by atoms with Crippen molar-refractivity contribution in [1.82, 2.24) is 15.2 Å². The summed E-state index contributed by atoms with van der Waals surface area (Å²) in [4.78, 5) is 19.2. The molecule has 0 spiro atoms. The van der Waals surface area contributed by atoms with Crippen molar-refractivity contribution in [2.75, 3.05) is 19.6 Å². The van der Waals surface area contributed by atoms with Crippen molar-refractivity contribution in [3.63, 3.8) is 0 Å². The summed E-state index contributed by atoms with van der Waals surface area (Å²) in [6, 6.07) is 2.05. The van der Waals surface area contributed by atoms with E-state index in [-0.39, 0.29) is 11.9 Å². The van der Waals surface area contributed by atoms with Gasteiger partial charge in [0.1, 0.15) is 5.69 Å². The van der Waals surface area contributed by atoms with Crippen molar-refractivity contribution in [3.05, 3.63) is 28.9 Å². The van der Waals surface area contributed by atoms with Crippen LogP contribution in [-0.2, 0) is 0 Å². The van der Waals surface area contributed by atoms with Gasteiger partial charge in [-0.25, -0.2) is 4.98 Å². The minimum atomic E-state index is -0.0939. The number of nitrogens with one attached hydrogen (secondary N) is 1. The van der Waals surface area contributed by atoms with Crippen molar-refractivity contribution in [2.45, 2.75) is 18.9 Å². The molecular weight excluding hydrogens is 294 g/mol. The Balaban J connectivity index is 1.54. The van der Waals surface area contributed by atoms with Crippen LogP contribution in [-0.4, -0.2) is 41.5 Å². The van der Waals surface area contributed by atoms with E-state index in [0.717, 1.165) is 34.5 Å². The lowest BCUT2D eigenvalue weighted by molar-refractivity contribution is 0.0904. The number of terminal acetylenes is 1. The second-order valence-electron chi connectivity index (χ2n) is 6.18. The quantitative estimate of drug-likeness (QED) is 0.864. The smallest absolute Gasteiger partial charge is 0.270 e. The third-order valence-corrected chi connectivity index (χ3v) is 5.58. The molecule has 4 rings (SSSR count). The number of piperidine rings is 1. The molecular formula is C17H17N3OS. The number of aromatic nitrogens is 1. The molecule has 1 amide bonds. The topological polar surface area (TPSA) is 45.2 Å². The van der Waals surface area contributed by atoms with E-state index in [1.54, 1.807) is 17.5 Å². The Hall–Kier alpha value is -1.90. The van der Waals surface area contributed by atoms with Crippen molar-refractivity contribution in [3.8, 4) is 12.3 Å². The van der Waals surface area contributed by atoms with Gasteiger partial charge >= 0.3 is 0 Å². The van der Waals surface area contributed by atoms with Gasteiger partial charge in [0, 0.05) is 41.7 Å². The van der Waals surface area contributed by atoms with E-state index >= 15 is 0 Å². The number of amides is 1. The SMILES string of the molecule is C#Cc1csc2cnc(C(=O)NC3CC4CCN(C4)C3)cc12. The third-order valence-electron chi connectivity index (χ3n) is 4.65. The predicted octanol–water partition coefficient (Wildman–Crippen LogP) is 2.10. The zero-order chi connectivity index (χ0) is 15.1. The number of rotatable bonds is 2. The molecule has 0 saturated carbocycles. The summed E-state index contributed by atoms with van der Waals surface area (Å²) >= 11 is 1.56. The van der Waals surface area contributed by atoms with E-state index in [9.17, 15) is 4.79 Å². The van der Waals surface area contributed by atoms with Crippen LogP contribution in [0.25, 0.3) is 10.1 Å². The normalized spacial score (nSPS) is 26.8. The average molecular weight is 311 g/mol. The van der Waals surface area contributed by atoms with E-state index < -0.39 is 0 Å². The Labute approximate surface area is 133 Å². The zero-order valence-corrected chi connectivity index (χ0v) is 13.0. The van der Waals surface area contributed by atoms with Crippen LogP contribution >= 0.6 is 11.3 Å².